The molecule has 0 saturated carbocycles. The van der Waals surface area contributed by atoms with Crippen LogP contribution in [0.15, 0.2) is 18.2 Å². The van der Waals surface area contributed by atoms with Crippen molar-refractivity contribution in [3.8, 4) is 6.07 Å². The molecule has 0 unspecified atom stereocenters. The number of hydrogen-bond donors (Lipinski definition) is 1. The van der Waals surface area contributed by atoms with Crippen LogP contribution in [0.2, 0.25) is 0 Å². The van der Waals surface area contributed by atoms with Gasteiger partial charge in [-0.2, -0.15) is 5.26 Å². The first kappa shape index (κ1) is 15.5. The van der Waals surface area contributed by atoms with Crippen LogP contribution >= 0.6 is 0 Å². The number of unbranched alkanes of at least 4 members (excludes halogenated alkanes) is 1. The lowest BCUT2D eigenvalue weighted by molar-refractivity contribution is 0.0691. The molecule has 0 fully saturated rings. The summed E-state index contributed by atoms with van der Waals surface area (Å²) in [4.78, 5) is 0. The van der Waals surface area contributed by atoms with Crippen molar-refractivity contribution in [1.82, 2.24) is 0 Å². The van der Waals surface area contributed by atoms with Gasteiger partial charge in [0, 0.05) is 25.9 Å². The molecule has 0 spiro atoms. The minimum atomic E-state index is 0.656. The molecule has 0 aliphatic rings. The summed E-state index contributed by atoms with van der Waals surface area (Å²) in [6.45, 7) is 4.96. The van der Waals surface area contributed by atoms with Crippen LogP contribution in [-0.2, 0) is 9.47 Å². The van der Waals surface area contributed by atoms with Crippen molar-refractivity contribution in [2.75, 3.05) is 38.8 Å². The van der Waals surface area contributed by atoms with Crippen molar-refractivity contribution in [2.24, 2.45) is 0 Å². The third-order valence-electron chi connectivity index (χ3n) is 2.82. The highest BCUT2D eigenvalue weighted by Gasteiger charge is 1.98. The van der Waals surface area contributed by atoms with Crippen LogP contribution in [0.4, 0.5) is 5.69 Å². The van der Waals surface area contributed by atoms with Gasteiger partial charge in [0.05, 0.1) is 24.8 Å². The zero-order chi connectivity index (χ0) is 13.9. The number of nitrogens with zero attached hydrogens (tertiary/aromatic N) is 1. The van der Waals surface area contributed by atoms with E-state index in [0.717, 1.165) is 42.8 Å². The summed E-state index contributed by atoms with van der Waals surface area (Å²) in [5.41, 5.74) is 2.81. The molecule has 1 N–H and O–H groups in total. The summed E-state index contributed by atoms with van der Waals surface area (Å²) < 4.78 is 10.3. The lowest BCUT2D eigenvalue weighted by atomic mass is 10.1. The van der Waals surface area contributed by atoms with Crippen LogP contribution in [-0.4, -0.2) is 33.5 Å². The van der Waals surface area contributed by atoms with Crippen LogP contribution in [0, 0.1) is 18.3 Å². The first-order valence-corrected chi connectivity index (χ1v) is 6.59. The molecule has 104 valence electrons. The number of aryl methyl sites for hydroxylation is 1. The van der Waals surface area contributed by atoms with Gasteiger partial charge in [-0.1, -0.05) is 0 Å². The number of ether oxygens (including phenoxy) is 2. The second-order valence-electron chi connectivity index (χ2n) is 4.38. The van der Waals surface area contributed by atoms with Crippen molar-refractivity contribution in [3.05, 3.63) is 29.3 Å². The normalized spacial score (nSPS) is 10.2. The molecule has 0 aromatic heterocycles. The molecule has 4 nitrogen and oxygen atoms in total. The predicted octanol–water partition coefficient (Wildman–Crippen LogP) is 2.72. The maximum Gasteiger partial charge on any atom is 0.0994 e. The Kier molecular flexibility index (Phi) is 7.64. The highest BCUT2D eigenvalue weighted by Crippen LogP contribution is 2.14. The molecule has 0 saturated heterocycles. The summed E-state index contributed by atoms with van der Waals surface area (Å²) >= 11 is 0. The van der Waals surface area contributed by atoms with Gasteiger partial charge in [-0.05, 0) is 43.5 Å². The molecule has 0 bridgehead atoms. The second kappa shape index (κ2) is 9.37. The summed E-state index contributed by atoms with van der Waals surface area (Å²) in [6.07, 6.45) is 2.10. The Morgan fingerprint density at radius 2 is 2.05 bits per heavy atom. The molecule has 0 radical (unpaired) electrons. The van der Waals surface area contributed by atoms with Crippen LogP contribution in [0.3, 0.4) is 0 Å². The quantitative estimate of drug-likeness (QED) is 0.695. The lowest BCUT2D eigenvalue weighted by Crippen LogP contribution is -2.06. The van der Waals surface area contributed by atoms with Crippen LogP contribution in [0.1, 0.15) is 24.0 Å². The van der Waals surface area contributed by atoms with E-state index < -0.39 is 0 Å². The number of nitrogens with one attached hydrogen (secondary N) is 1. The SMILES string of the molecule is COCCOCCCCNc1ccc(C#N)c(C)c1. The van der Waals surface area contributed by atoms with Crippen molar-refractivity contribution >= 4 is 5.69 Å². The second-order valence-corrected chi connectivity index (χ2v) is 4.38. The van der Waals surface area contributed by atoms with Crippen molar-refractivity contribution in [3.63, 3.8) is 0 Å². The van der Waals surface area contributed by atoms with E-state index in [4.69, 9.17) is 14.7 Å². The third kappa shape index (κ3) is 6.23. The molecule has 1 rings (SSSR count). The van der Waals surface area contributed by atoms with Crippen molar-refractivity contribution in [1.29, 1.82) is 5.26 Å². The Morgan fingerprint density at radius 1 is 1.21 bits per heavy atom. The summed E-state index contributed by atoms with van der Waals surface area (Å²) in [5.74, 6) is 0. The molecule has 4 heteroatoms. The number of hydrogen-bond acceptors (Lipinski definition) is 4. The van der Waals surface area contributed by atoms with Gasteiger partial charge in [-0.15, -0.1) is 0 Å². The molecule has 19 heavy (non-hydrogen) atoms. The fraction of sp³-hybridized carbons (Fsp3) is 0.533. The van der Waals surface area contributed by atoms with E-state index in [0.29, 0.717) is 13.2 Å². The van der Waals surface area contributed by atoms with E-state index in [9.17, 15) is 0 Å². The Hall–Kier alpha value is -1.57. The van der Waals surface area contributed by atoms with E-state index in [1.165, 1.54) is 0 Å². The van der Waals surface area contributed by atoms with Crippen molar-refractivity contribution < 1.29 is 9.47 Å². The molecule has 0 heterocycles. The first-order chi connectivity index (χ1) is 9.27. The maximum atomic E-state index is 8.85. The van der Waals surface area contributed by atoms with E-state index >= 15 is 0 Å². The van der Waals surface area contributed by atoms with Crippen molar-refractivity contribution in [2.45, 2.75) is 19.8 Å². The highest BCUT2D eigenvalue weighted by molar-refractivity contribution is 5.51. The van der Waals surface area contributed by atoms with Gasteiger partial charge in [0.1, 0.15) is 0 Å². The van der Waals surface area contributed by atoms with Crippen LogP contribution in [0.5, 0.6) is 0 Å². The van der Waals surface area contributed by atoms with Crippen LogP contribution in [0.25, 0.3) is 0 Å². The van der Waals surface area contributed by atoms with E-state index in [-0.39, 0.29) is 0 Å². The molecule has 1 aromatic carbocycles. The highest BCUT2D eigenvalue weighted by atomic mass is 16.5. The third-order valence-corrected chi connectivity index (χ3v) is 2.82. The van der Waals surface area contributed by atoms with Gasteiger partial charge in [0.25, 0.3) is 0 Å². The number of anilines is 1. The van der Waals surface area contributed by atoms with Gasteiger partial charge in [-0.25, -0.2) is 0 Å². The smallest absolute Gasteiger partial charge is 0.0994 e. The molecule has 0 aliphatic carbocycles. The number of methoxy groups -OCH3 is 1. The average molecular weight is 262 g/mol. The molecule has 0 amide bonds. The molecular formula is C15H22N2O2. The molecule has 0 aliphatic heterocycles. The van der Waals surface area contributed by atoms with Gasteiger partial charge in [-0.3, -0.25) is 0 Å². The minimum absolute atomic E-state index is 0.656. The summed E-state index contributed by atoms with van der Waals surface area (Å²) in [7, 11) is 1.67. The zero-order valence-corrected chi connectivity index (χ0v) is 11.7. The average Bonchev–Trinajstić information content (AvgIpc) is 2.42. The topological polar surface area (TPSA) is 54.3 Å². The Balaban J connectivity index is 2.13. The summed E-state index contributed by atoms with van der Waals surface area (Å²) in [5, 5.41) is 12.2. The standard InChI is InChI=1S/C15H22N2O2/c1-13-11-15(6-5-14(13)12-16)17-7-3-4-8-19-10-9-18-2/h5-6,11,17H,3-4,7-10H2,1-2H3. The predicted molar refractivity (Wildman–Crippen MR) is 76.3 cm³/mol. The first-order valence-electron chi connectivity index (χ1n) is 6.59. The fourth-order valence-electron chi connectivity index (χ4n) is 1.71. The Bertz CT molecular complexity index is 413. The monoisotopic (exact) mass is 262 g/mol. The molecular weight excluding hydrogens is 240 g/mol. The molecule has 1 aromatic rings. The van der Waals surface area contributed by atoms with Crippen LogP contribution < -0.4 is 5.32 Å². The minimum Gasteiger partial charge on any atom is -0.385 e. The Labute approximate surface area is 115 Å². The fourth-order valence-corrected chi connectivity index (χ4v) is 1.71. The van der Waals surface area contributed by atoms with E-state index in [1.807, 2.05) is 25.1 Å². The number of benzene rings is 1. The van der Waals surface area contributed by atoms with Gasteiger partial charge < -0.3 is 14.8 Å². The van der Waals surface area contributed by atoms with E-state index in [2.05, 4.69) is 11.4 Å². The largest absolute Gasteiger partial charge is 0.385 e. The number of nitriles is 1. The van der Waals surface area contributed by atoms with Gasteiger partial charge >= 0.3 is 0 Å². The summed E-state index contributed by atoms with van der Waals surface area (Å²) in [6, 6.07) is 7.97. The van der Waals surface area contributed by atoms with Gasteiger partial charge in [0.15, 0.2) is 0 Å². The number of rotatable bonds is 9. The lowest BCUT2D eigenvalue weighted by Gasteiger charge is -2.08. The van der Waals surface area contributed by atoms with Gasteiger partial charge in [0.2, 0.25) is 0 Å². The van der Waals surface area contributed by atoms with E-state index in [1.54, 1.807) is 7.11 Å². The zero-order valence-electron chi connectivity index (χ0n) is 11.7. The Morgan fingerprint density at radius 3 is 2.74 bits per heavy atom. The maximum absolute atomic E-state index is 8.85. The molecule has 0 atom stereocenters.